The van der Waals surface area contributed by atoms with Gasteiger partial charge in [0.2, 0.25) is 5.91 Å². The van der Waals surface area contributed by atoms with Crippen LogP contribution < -0.4 is 4.90 Å². The number of aliphatic carboxylic acids is 1. The Balaban J connectivity index is 0.000000455. The first-order valence-corrected chi connectivity index (χ1v) is 15.0. The third-order valence-electron chi connectivity index (χ3n) is 9.11. The topological polar surface area (TPSA) is 135 Å². The lowest BCUT2D eigenvalue weighted by atomic mass is 9.78. The normalized spacial score (nSPS) is 15.4. The van der Waals surface area contributed by atoms with E-state index in [1.807, 2.05) is 59.1 Å². The monoisotopic (exact) mass is 642 g/mol. The summed E-state index contributed by atoms with van der Waals surface area (Å²) in [6.45, 7) is 0.649. The molecule has 0 unspecified atom stereocenters. The van der Waals surface area contributed by atoms with E-state index in [9.17, 15) is 18.0 Å². The number of anilines is 1. The molecule has 1 fully saturated rings. The molecule has 6 heterocycles. The lowest BCUT2D eigenvalue weighted by Crippen LogP contribution is -2.36. The molecule has 0 atom stereocenters. The number of aromatic amines is 1. The molecule has 0 saturated heterocycles. The number of aryl methyl sites for hydroxylation is 1. The summed E-state index contributed by atoms with van der Waals surface area (Å²) in [7, 11) is 3.85. The number of nitrogens with one attached hydrogen (secondary N) is 1. The number of aromatic nitrogens is 7. The number of amides is 1. The lowest BCUT2D eigenvalue weighted by molar-refractivity contribution is -0.192. The van der Waals surface area contributed by atoms with E-state index in [4.69, 9.17) is 20.0 Å². The number of likely N-dealkylation sites (N-methyl/N-ethyl adjacent to an activating group) is 1. The van der Waals surface area contributed by atoms with Crippen molar-refractivity contribution in [3.8, 4) is 22.4 Å². The third kappa shape index (κ3) is 5.00. The number of pyridine rings is 2. The van der Waals surface area contributed by atoms with Gasteiger partial charge in [-0.25, -0.2) is 9.78 Å². The Morgan fingerprint density at radius 1 is 1.02 bits per heavy atom. The van der Waals surface area contributed by atoms with Crippen LogP contribution in [0.25, 0.3) is 44.3 Å². The van der Waals surface area contributed by atoms with Crippen LogP contribution in [-0.4, -0.2) is 64.7 Å². The van der Waals surface area contributed by atoms with Crippen LogP contribution >= 0.6 is 0 Å². The van der Waals surface area contributed by atoms with Gasteiger partial charge in [-0.3, -0.25) is 19.1 Å². The predicted octanol–water partition coefficient (Wildman–Crippen LogP) is 5.84. The first kappa shape index (κ1) is 30.1. The number of fused-ring (bicyclic) bond motifs is 5. The molecule has 1 aromatic carbocycles. The number of hydrogen-bond acceptors (Lipinski definition) is 6. The number of nitrogens with zero attached hydrogens (tertiary/aromatic N) is 7. The number of H-pyrrole nitrogens is 1. The fourth-order valence-electron chi connectivity index (χ4n) is 6.94. The molecule has 2 N–H and O–H groups in total. The second-order valence-electron chi connectivity index (χ2n) is 11.9. The van der Waals surface area contributed by atoms with Crippen LogP contribution in [-0.2, 0) is 28.6 Å². The minimum Gasteiger partial charge on any atom is -0.475 e. The largest absolute Gasteiger partial charge is 0.490 e. The number of carbonyl (C=O) groups excluding carboxylic acids is 1. The first-order chi connectivity index (χ1) is 22.5. The van der Waals surface area contributed by atoms with Crippen LogP contribution in [0.3, 0.4) is 0 Å². The molecule has 1 amide bonds. The van der Waals surface area contributed by atoms with Crippen molar-refractivity contribution in [2.45, 2.75) is 43.8 Å². The average molecular weight is 643 g/mol. The maximum atomic E-state index is 13.8. The van der Waals surface area contributed by atoms with Gasteiger partial charge < -0.3 is 15.0 Å². The summed E-state index contributed by atoms with van der Waals surface area (Å²) in [4.78, 5) is 37.1. The second kappa shape index (κ2) is 11.1. The van der Waals surface area contributed by atoms with Gasteiger partial charge in [0.05, 0.1) is 47.4 Å². The highest BCUT2D eigenvalue weighted by Crippen LogP contribution is 2.55. The molecule has 0 bridgehead atoms. The zero-order chi connectivity index (χ0) is 33.1. The zero-order valence-corrected chi connectivity index (χ0v) is 25.4. The molecule has 14 heteroatoms. The summed E-state index contributed by atoms with van der Waals surface area (Å²) < 4.78 is 35.6. The molecular formula is C33H29F3N8O3. The molecule has 1 spiro atoms. The highest BCUT2D eigenvalue weighted by Gasteiger charge is 2.53. The summed E-state index contributed by atoms with van der Waals surface area (Å²) >= 11 is 0. The summed E-state index contributed by atoms with van der Waals surface area (Å²) in [6.07, 6.45) is 10.1. The van der Waals surface area contributed by atoms with E-state index in [0.29, 0.717) is 6.54 Å². The number of halogens is 3. The van der Waals surface area contributed by atoms with Gasteiger partial charge in [-0.15, -0.1) is 0 Å². The van der Waals surface area contributed by atoms with Crippen molar-refractivity contribution in [1.29, 1.82) is 0 Å². The van der Waals surface area contributed by atoms with Gasteiger partial charge >= 0.3 is 12.1 Å². The van der Waals surface area contributed by atoms with E-state index in [2.05, 4.69) is 39.5 Å². The van der Waals surface area contributed by atoms with E-state index in [0.717, 1.165) is 86.8 Å². The Kier molecular flexibility index (Phi) is 7.10. The van der Waals surface area contributed by atoms with Gasteiger partial charge in [-0.05, 0) is 48.2 Å². The van der Waals surface area contributed by atoms with Gasteiger partial charge in [0.15, 0.2) is 0 Å². The Hall–Kier alpha value is -5.53. The van der Waals surface area contributed by atoms with E-state index < -0.39 is 17.6 Å². The van der Waals surface area contributed by atoms with Crippen molar-refractivity contribution in [2.24, 2.45) is 7.05 Å². The Labute approximate surface area is 265 Å². The molecule has 6 aromatic rings. The minimum absolute atomic E-state index is 0.191. The number of carbonyl (C=O) groups is 2. The standard InChI is InChI=1S/C31H28N8O.C2HF3O2/c1-37-24-16-33-29-26(27(24)31(30(37)40)9-3-4-10-31)25(20-5-6-23-21(13-20)14-34-38(23)2)28(36-29)22-15-35-39(18-22)17-19-7-11-32-12-8-19;3-2(4,5)1(6)7/h5-8,11-16,18H,3-4,9-10,17H2,1-2H3,(H,33,36);(H,6,7). The Bertz CT molecular complexity index is 2160. The van der Waals surface area contributed by atoms with Crippen LogP contribution in [0.5, 0.6) is 0 Å². The van der Waals surface area contributed by atoms with Gasteiger partial charge in [-0.1, -0.05) is 18.9 Å². The molecule has 1 aliphatic heterocycles. The smallest absolute Gasteiger partial charge is 0.475 e. The third-order valence-corrected chi connectivity index (χ3v) is 9.11. The number of hydrogen-bond donors (Lipinski definition) is 2. The van der Waals surface area contributed by atoms with E-state index in [1.54, 1.807) is 12.4 Å². The quantitative estimate of drug-likeness (QED) is 0.247. The molecular weight excluding hydrogens is 613 g/mol. The highest BCUT2D eigenvalue weighted by molar-refractivity contribution is 6.16. The molecule has 8 rings (SSSR count). The predicted molar refractivity (Wildman–Crippen MR) is 168 cm³/mol. The van der Waals surface area contributed by atoms with E-state index in [1.165, 1.54) is 0 Å². The molecule has 0 radical (unpaired) electrons. The maximum absolute atomic E-state index is 13.8. The molecule has 47 heavy (non-hydrogen) atoms. The zero-order valence-electron chi connectivity index (χ0n) is 25.4. The van der Waals surface area contributed by atoms with Crippen molar-refractivity contribution in [1.82, 2.24) is 34.5 Å². The van der Waals surface area contributed by atoms with Crippen LogP contribution in [0, 0.1) is 0 Å². The van der Waals surface area contributed by atoms with Gasteiger partial charge in [0.25, 0.3) is 0 Å². The fraction of sp³-hybridized carbons (Fsp3) is 0.273. The molecule has 5 aromatic heterocycles. The number of rotatable bonds is 4. The fourth-order valence-corrected chi connectivity index (χ4v) is 6.94. The number of carboxylic acid groups (broad SMARTS) is 1. The lowest BCUT2D eigenvalue weighted by Gasteiger charge is -2.22. The van der Waals surface area contributed by atoms with Crippen LogP contribution in [0.2, 0.25) is 0 Å². The summed E-state index contributed by atoms with van der Waals surface area (Å²) in [5.74, 6) is -2.57. The van der Waals surface area contributed by atoms with Gasteiger partial charge in [-0.2, -0.15) is 23.4 Å². The van der Waals surface area contributed by atoms with Crippen LogP contribution in [0.1, 0.15) is 36.8 Å². The highest BCUT2D eigenvalue weighted by atomic mass is 19.4. The first-order valence-electron chi connectivity index (χ1n) is 15.0. The molecule has 11 nitrogen and oxygen atoms in total. The average Bonchev–Trinajstić information content (AvgIpc) is 3.88. The van der Waals surface area contributed by atoms with Crippen molar-refractivity contribution in [3.63, 3.8) is 0 Å². The summed E-state index contributed by atoms with van der Waals surface area (Å²) in [5.41, 5.74) is 8.59. The van der Waals surface area contributed by atoms with Crippen molar-refractivity contribution in [2.75, 3.05) is 11.9 Å². The molecule has 1 aliphatic carbocycles. The SMILES string of the molecule is CN1C(=O)C2(CCCC2)c2c1cnc1[nH]c(-c3cnn(Cc4ccncc4)c3)c(-c3ccc4c(cnn4C)c3)c21.O=C(O)C(F)(F)F. The summed E-state index contributed by atoms with van der Waals surface area (Å²) in [5, 5.41) is 18.4. The maximum Gasteiger partial charge on any atom is 0.490 e. The molecule has 2 aliphatic rings. The van der Waals surface area contributed by atoms with Crippen LogP contribution in [0.15, 0.2) is 67.5 Å². The van der Waals surface area contributed by atoms with Gasteiger partial charge in [0.1, 0.15) is 5.65 Å². The summed E-state index contributed by atoms with van der Waals surface area (Å²) in [6, 6.07) is 10.5. The van der Waals surface area contributed by atoms with Crippen molar-refractivity contribution < 1.29 is 27.9 Å². The Morgan fingerprint density at radius 3 is 2.45 bits per heavy atom. The van der Waals surface area contributed by atoms with E-state index >= 15 is 0 Å². The van der Waals surface area contributed by atoms with Gasteiger partial charge in [0, 0.05) is 60.1 Å². The number of carboxylic acids is 1. The number of alkyl halides is 3. The number of benzene rings is 1. The molecule has 240 valence electrons. The van der Waals surface area contributed by atoms with E-state index in [-0.39, 0.29) is 5.91 Å². The van der Waals surface area contributed by atoms with Crippen molar-refractivity contribution in [3.05, 3.63) is 78.6 Å². The second-order valence-corrected chi connectivity index (χ2v) is 11.9. The minimum atomic E-state index is -5.08. The molecule has 1 saturated carbocycles. The van der Waals surface area contributed by atoms with Crippen molar-refractivity contribution >= 4 is 39.5 Å². The van der Waals surface area contributed by atoms with Crippen LogP contribution in [0.4, 0.5) is 18.9 Å². The Morgan fingerprint density at radius 2 is 1.74 bits per heavy atom.